The van der Waals surface area contributed by atoms with Crippen LogP contribution in [0.4, 0.5) is 4.39 Å². The fourth-order valence-electron chi connectivity index (χ4n) is 1.49. The number of rotatable bonds is 3. The Hall–Kier alpha value is -0.840. The van der Waals surface area contributed by atoms with E-state index in [0.717, 1.165) is 9.37 Å². The van der Waals surface area contributed by atoms with E-state index >= 15 is 0 Å². The van der Waals surface area contributed by atoms with Gasteiger partial charge in [0.1, 0.15) is 5.82 Å². The Morgan fingerprint density at radius 1 is 1.17 bits per heavy atom. The van der Waals surface area contributed by atoms with Gasteiger partial charge in [0.15, 0.2) is 0 Å². The van der Waals surface area contributed by atoms with Crippen LogP contribution in [0.2, 0.25) is 0 Å². The monoisotopic (exact) mass is 326 g/mol. The Balaban J connectivity index is 2.22. The topological polar surface area (TPSA) is 20.2 Å². The summed E-state index contributed by atoms with van der Waals surface area (Å²) in [7, 11) is 0. The minimum atomic E-state index is -0.647. The summed E-state index contributed by atoms with van der Waals surface area (Å²) in [6.07, 6.45) is -0.647. The van der Waals surface area contributed by atoms with Crippen molar-refractivity contribution in [2.75, 3.05) is 0 Å². The van der Waals surface area contributed by atoms with Gasteiger partial charge in [-0.3, -0.25) is 0 Å². The predicted octanol–water partition coefficient (Wildman–Crippen LogP) is 4.79. The van der Waals surface area contributed by atoms with Crippen LogP contribution in [0.25, 0.3) is 0 Å². The highest BCUT2D eigenvalue weighted by atomic mass is 79.9. The zero-order chi connectivity index (χ0) is 13.1. The number of aliphatic hydroxyl groups is 1. The van der Waals surface area contributed by atoms with Gasteiger partial charge in [0.05, 0.1) is 6.10 Å². The maximum atomic E-state index is 13.8. The quantitative estimate of drug-likeness (QED) is 0.874. The van der Waals surface area contributed by atoms with Crippen molar-refractivity contribution in [2.24, 2.45) is 0 Å². The van der Waals surface area contributed by atoms with E-state index in [9.17, 15) is 9.50 Å². The molecule has 0 bridgehead atoms. The van der Waals surface area contributed by atoms with Crippen molar-refractivity contribution in [3.63, 3.8) is 0 Å². The van der Waals surface area contributed by atoms with Crippen LogP contribution < -0.4 is 0 Å². The molecule has 1 N–H and O–H groups in total. The van der Waals surface area contributed by atoms with Crippen molar-refractivity contribution in [3.8, 4) is 0 Å². The van der Waals surface area contributed by atoms with Crippen LogP contribution in [-0.4, -0.2) is 5.11 Å². The molecule has 18 heavy (non-hydrogen) atoms. The van der Waals surface area contributed by atoms with Crippen molar-refractivity contribution in [1.82, 2.24) is 0 Å². The van der Waals surface area contributed by atoms with Gasteiger partial charge in [0.25, 0.3) is 0 Å². The first-order chi connectivity index (χ1) is 8.56. The zero-order valence-corrected chi connectivity index (χ0v) is 12.1. The normalized spacial score (nSPS) is 12.4. The molecule has 2 rings (SSSR count). The SMILES string of the molecule is C[C@H](O)c1ccc(Sc2ccc(Br)cc2)c(F)c1. The Kier molecular flexibility index (Phi) is 4.43. The lowest BCUT2D eigenvalue weighted by atomic mass is 10.1. The molecule has 2 aromatic rings. The molecule has 0 unspecified atom stereocenters. The zero-order valence-electron chi connectivity index (χ0n) is 9.73. The molecule has 0 saturated heterocycles. The largest absolute Gasteiger partial charge is 0.389 e. The number of hydrogen-bond donors (Lipinski definition) is 1. The Morgan fingerprint density at radius 3 is 2.39 bits per heavy atom. The molecule has 0 spiro atoms. The van der Waals surface area contributed by atoms with E-state index in [1.165, 1.54) is 17.8 Å². The highest BCUT2D eigenvalue weighted by Gasteiger charge is 2.08. The molecular weight excluding hydrogens is 315 g/mol. The summed E-state index contributed by atoms with van der Waals surface area (Å²) in [6, 6.07) is 12.5. The van der Waals surface area contributed by atoms with Crippen molar-refractivity contribution >= 4 is 27.7 Å². The predicted molar refractivity (Wildman–Crippen MR) is 75.3 cm³/mol. The standard InChI is InChI=1S/C14H12BrFOS/c1-9(17)10-2-7-14(13(16)8-10)18-12-5-3-11(15)4-6-12/h2-9,17H,1H3/t9-/m0/s1. The van der Waals surface area contributed by atoms with E-state index in [1.807, 2.05) is 24.3 Å². The number of hydrogen-bond acceptors (Lipinski definition) is 2. The van der Waals surface area contributed by atoms with Crippen LogP contribution in [0.1, 0.15) is 18.6 Å². The number of benzene rings is 2. The maximum Gasteiger partial charge on any atom is 0.137 e. The average Bonchev–Trinajstić information content (AvgIpc) is 2.34. The summed E-state index contributed by atoms with van der Waals surface area (Å²) in [5, 5.41) is 9.38. The van der Waals surface area contributed by atoms with Crippen LogP contribution in [-0.2, 0) is 0 Å². The van der Waals surface area contributed by atoms with Crippen molar-refractivity contribution in [3.05, 3.63) is 58.3 Å². The van der Waals surface area contributed by atoms with E-state index in [2.05, 4.69) is 15.9 Å². The maximum absolute atomic E-state index is 13.8. The van der Waals surface area contributed by atoms with Crippen LogP contribution in [0, 0.1) is 5.82 Å². The van der Waals surface area contributed by atoms with Crippen LogP contribution >= 0.6 is 27.7 Å². The van der Waals surface area contributed by atoms with Crippen molar-refractivity contribution < 1.29 is 9.50 Å². The van der Waals surface area contributed by atoms with Gasteiger partial charge in [-0.05, 0) is 48.9 Å². The lowest BCUT2D eigenvalue weighted by Gasteiger charge is -2.08. The molecule has 2 aromatic carbocycles. The smallest absolute Gasteiger partial charge is 0.137 e. The fraction of sp³-hybridized carbons (Fsp3) is 0.143. The van der Waals surface area contributed by atoms with Crippen LogP contribution in [0.3, 0.4) is 0 Å². The van der Waals surface area contributed by atoms with E-state index in [1.54, 1.807) is 19.1 Å². The minimum absolute atomic E-state index is 0.304. The third kappa shape index (κ3) is 3.34. The third-order valence-electron chi connectivity index (χ3n) is 2.48. The van der Waals surface area contributed by atoms with Crippen molar-refractivity contribution in [1.29, 1.82) is 0 Å². The van der Waals surface area contributed by atoms with Gasteiger partial charge >= 0.3 is 0 Å². The van der Waals surface area contributed by atoms with Gasteiger partial charge in [0, 0.05) is 14.3 Å². The van der Waals surface area contributed by atoms with Gasteiger partial charge in [0.2, 0.25) is 0 Å². The van der Waals surface area contributed by atoms with E-state index in [-0.39, 0.29) is 5.82 Å². The van der Waals surface area contributed by atoms with Crippen molar-refractivity contribution in [2.45, 2.75) is 22.8 Å². The second kappa shape index (κ2) is 5.87. The van der Waals surface area contributed by atoms with Gasteiger partial charge in [-0.1, -0.05) is 33.8 Å². The molecule has 0 aliphatic carbocycles. The first kappa shape index (κ1) is 13.6. The molecule has 0 saturated carbocycles. The number of aliphatic hydroxyl groups excluding tert-OH is 1. The molecule has 4 heteroatoms. The lowest BCUT2D eigenvalue weighted by molar-refractivity contribution is 0.198. The Morgan fingerprint density at radius 2 is 1.83 bits per heavy atom. The number of halogens is 2. The summed E-state index contributed by atoms with van der Waals surface area (Å²) in [5.74, 6) is -0.304. The van der Waals surface area contributed by atoms with Crippen LogP contribution in [0.15, 0.2) is 56.7 Å². The third-order valence-corrected chi connectivity index (χ3v) is 4.07. The molecule has 0 aromatic heterocycles. The molecular formula is C14H12BrFOS. The molecule has 0 aliphatic rings. The minimum Gasteiger partial charge on any atom is -0.389 e. The summed E-state index contributed by atoms with van der Waals surface area (Å²) in [5.41, 5.74) is 0.590. The summed E-state index contributed by atoms with van der Waals surface area (Å²) in [6.45, 7) is 1.62. The van der Waals surface area contributed by atoms with E-state index in [4.69, 9.17) is 0 Å². The first-order valence-corrected chi connectivity index (χ1v) is 7.08. The highest BCUT2D eigenvalue weighted by Crippen LogP contribution is 2.31. The van der Waals surface area contributed by atoms with Crippen LogP contribution in [0.5, 0.6) is 0 Å². The second-order valence-electron chi connectivity index (χ2n) is 3.92. The first-order valence-electron chi connectivity index (χ1n) is 5.47. The van der Waals surface area contributed by atoms with Gasteiger partial charge < -0.3 is 5.11 Å². The molecule has 1 atom stereocenters. The second-order valence-corrected chi connectivity index (χ2v) is 5.95. The summed E-state index contributed by atoms with van der Waals surface area (Å²) >= 11 is 4.73. The summed E-state index contributed by atoms with van der Waals surface area (Å²) in [4.78, 5) is 1.53. The van der Waals surface area contributed by atoms with E-state index in [0.29, 0.717) is 10.5 Å². The molecule has 1 nitrogen and oxygen atoms in total. The lowest BCUT2D eigenvalue weighted by Crippen LogP contribution is -1.92. The van der Waals surface area contributed by atoms with E-state index < -0.39 is 6.10 Å². The summed E-state index contributed by atoms with van der Waals surface area (Å²) < 4.78 is 14.8. The molecule has 0 radical (unpaired) electrons. The molecule has 0 aliphatic heterocycles. The average molecular weight is 327 g/mol. The Bertz CT molecular complexity index is 540. The molecule has 94 valence electrons. The fourth-order valence-corrected chi connectivity index (χ4v) is 2.57. The van der Waals surface area contributed by atoms with Gasteiger partial charge in [-0.2, -0.15) is 0 Å². The van der Waals surface area contributed by atoms with Gasteiger partial charge in [-0.25, -0.2) is 4.39 Å². The Labute approximate surface area is 118 Å². The molecule has 0 heterocycles. The molecule has 0 fully saturated rings. The van der Waals surface area contributed by atoms with Gasteiger partial charge in [-0.15, -0.1) is 0 Å². The highest BCUT2D eigenvalue weighted by molar-refractivity contribution is 9.10. The molecule has 0 amide bonds.